The highest BCUT2D eigenvalue weighted by Gasteiger charge is 2.19. The van der Waals surface area contributed by atoms with Crippen LogP contribution < -0.4 is 5.32 Å². The monoisotopic (exact) mass is 259 g/mol. The number of hydrogen-bond donors (Lipinski definition) is 2. The van der Waals surface area contributed by atoms with Crippen LogP contribution in [-0.4, -0.2) is 17.3 Å². The fourth-order valence-corrected chi connectivity index (χ4v) is 2.23. The highest BCUT2D eigenvalue weighted by Crippen LogP contribution is 2.19. The predicted molar refractivity (Wildman–Crippen MR) is 61.4 cm³/mol. The molecular formula is C13H16F3NO. The minimum absolute atomic E-state index is 0.125. The van der Waals surface area contributed by atoms with Gasteiger partial charge in [-0.25, -0.2) is 13.2 Å². The molecule has 2 nitrogen and oxygen atoms in total. The summed E-state index contributed by atoms with van der Waals surface area (Å²) in [5.41, 5.74) is 0.125. The first-order chi connectivity index (χ1) is 8.56. The molecule has 0 unspecified atom stereocenters. The van der Waals surface area contributed by atoms with Gasteiger partial charge in [0.1, 0.15) is 5.82 Å². The van der Waals surface area contributed by atoms with Gasteiger partial charge in [-0.15, -0.1) is 0 Å². The number of aliphatic hydroxyl groups is 1. The van der Waals surface area contributed by atoms with E-state index in [1.54, 1.807) is 0 Å². The Morgan fingerprint density at radius 1 is 1.00 bits per heavy atom. The standard InChI is InChI=1S/C13H16F3NO/c14-11-6-13(16)12(15)5-8(11)7-17-9-1-3-10(18)4-2-9/h5-6,9-10,17-18H,1-4,7H2. The van der Waals surface area contributed by atoms with Crippen molar-refractivity contribution >= 4 is 0 Å². The normalized spacial score (nSPS) is 24.2. The Morgan fingerprint density at radius 3 is 2.28 bits per heavy atom. The van der Waals surface area contributed by atoms with Crippen molar-refractivity contribution in [3.8, 4) is 0 Å². The summed E-state index contributed by atoms with van der Waals surface area (Å²) in [6.45, 7) is 0.170. The summed E-state index contributed by atoms with van der Waals surface area (Å²) >= 11 is 0. The molecule has 0 bridgehead atoms. The van der Waals surface area contributed by atoms with Crippen molar-refractivity contribution in [3.63, 3.8) is 0 Å². The van der Waals surface area contributed by atoms with Crippen LogP contribution in [0, 0.1) is 17.5 Å². The Bertz CT molecular complexity index is 417. The Balaban J connectivity index is 1.92. The van der Waals surface area contributed by atoms with Crippen LogP contribution in [0.25, 0.3) is 0 Å². The van der Waals surface area contributed by atoms with Gasteiger partial charge in [-0.1, -0.05) is 0 Å². The largest absolute Gasteiger partial charge is 0.393 e. The lowest BCUT2D eigenvalue weighted by Crippen LogP contribution is -2.34. The third-order valence-corrected chi connectivity index (χ3v) is 3.37. The smallest absolute Gasteiger partial charge is 0.161 e. The van der Waals surface area contributed by atoms with E-state index in [0.717, 1.165) is 31.7 Å². The van der Waals surface area contributed by atoms with E-state index in [-0.39, 0.29) is 24.3 Å². The van der Waals surface area contributed by atoms with Gasteiger partial charge in [0.15, 0.2) is 11.6 Å². The van der Waals surface area contributed by atoms with E-state index in [1.807, 2.05) is 0 Å². The van der Waals surface area contributed by atoms with E-state index in [1.165, 1.54) is 0 Å². The zero-order valence-corrected chi connectivity index (χ0v) is 9.93. The highest BCUT2D eigenvalue weighted by atomic mass is 19.2. The molecule has 0 spiro atoms. The number of aliphatic hydroxyl groups excluding tert-OH is 1. The molecule has 5 heteroatoms. The summed E-state index contributed by atoms with van der Waals surface area (Å²) in [6, 6.07) is 1.65. The molecule has 0 heterocycles. The first-order valence-electron chi connectivity index (χ1n) is 6.11. The van der Waals surface area contributed by atoms with Gasteiger partial charge in [0.05, 0.1) is 6.10 Å². The Labute approximate surface area is 104 Å². The molecule has 1 aliphatic rings. The maximum Gasteiger partial charge on any atom is 0.161 e. The van der Waals surface area contributed by atoms with Gasteiger partial charge in [-0.05, 0) is 31.7 Å². The Kier molecular flexibility index (Phi) is 4.24. The van der Waals surface area contributed by atoms with Gasteiger partial charge < -0.3 is 10.4 Å². The molecule has 0 amide bonds. The maximum atomic E-state index is 13.4. The first kappa shape index (κ1) is 13.4. The Hall–Kier alpha value is -1.07. The van der Waals surface area contributed by atoms with Gasteiger partial charge in [-0.2, -0.15) is 0 Å². The van der Waals surface area contributed by atoms with Gasteiger partial charge in [0.25, 0.3) is 0 Å². The summed E-state index contributed by atoms with van der Waals surface area (Å²) in [4.78, 5) is 0. The van der Waals surface area contributed by atoms with Crippen molar-refractivity contribution in [1.82, 2.24) is 5.32 Å². The van der Waals surface area contributed by atoms with Crippen LogP contribution in [0.1, 0.15) is 31.2 Å². The van der Waals surface area contributed by atoms with E-state index in [9.17, 15) is 18.3 Å². The molecule has 1 fully saturated rings. The van der Waals surface area contributed by atoms with E-state index in [4.69, 9.17) is 0 Å². The van der Waals surface area contributed by atoms with Crippen molar-refractivity contribution in [3.05, 3.63) is 35.1 Å². The molecule has 100 valence electrons. The van der Waals surface area contributed by atoms with E-state index >= 15 is 0 Å². The molecule has 1 aromatic carbocycles. The lowest BCUT2D eigenvalue weighted by atomic mass is 9.93. The molecule has 2 N–H and O–H groups in total. The van der Waals surface area contributed by atoms with Crippen LogP contribution >= 0.6 is 0 Å². The predicted octanol–water partition coefficient (Wildman–Crippen LogP) is 2.50. The number of hydrogen-bond acceptors (Lipinski definition) is 2. The van der Waals surface area contributed by atoms with E-state index < -0.39 is 17.5 Å². The topological polar surface area (TPSA) is 32.3 Å². The molecular weight excluding hydrogens is 243 g/mol. The Morgan fingerprint density at radius 2 is 1.61 bits per heavy atom. The second-order valence-corrected chi connectivity index (χ2v) is 4.74. The van der Waals surface area contributed by atoms with Gasteiger partial charge >= 0.3 is 0 Å². The van der Waals surface area contributed by atoms with E-state index in [0.29, 0.717) is 6.07 Å². The summed E-state index contributed by atoms with van der Waals surface area (Å²) in [6.07, 6.45) is 2.82. The lowest BCUT2D eigenvalue weighted by Gasteiger charge is -2.26. The number of nitrogens with one attached hydrogen (secondary N) is 1. The third-order valence-electron chi connectivity index (χ3n) is 3.37. The molecule has 2 rings (SSSR count). The van der Waals surface area contributed by atoms with Crippen LogP contribution in [0.5, 0.6) is 0 Å². The van der Waals surface area contributed by atoms with Crippen molar-refractivity contribution < 1.29 is 18.3 Å². The molecule has 0 aromatic heterocycles. The third kappa shape index (κ3) is 3.23. The van der Waals surface area contributed by atoms with Gasteiger partial charge in [0, 0.05) is 24.2 Å². The number of benzene rings is 1. The first-order valence-corrected chi connectivity index (χ1v) is 6.11. The zero-order chi connectivity index (χ0) is 13.1. The quantitative estimate of drug-likeness (QED) is 0.817. The van der Waals surface area contributed by atoms with Gasteiger partial charge in [0.2, 0.25) is 0 Å². The SMILES string of the molecule is OC1CCC(NCc2cc(F)c(F)cc2F)CC1. The lowest BCUT2D eigenvalue weighted by molar-refractivity contribution is 0.116. The highest BCUT2D eigenvalue weighted by molar-refractivity contribution is 5.20. The molecule has 1 aromatic rings. The van der Waals surface area contributed by atoms with Crippen LogP contribution in [0.3, 0.4) is 0 Å². The summed E-state index contributed by atoms with van der Waals surface area (Å²) < 4.78 is 39.1. The molecule has 0 atom stereocenters. The van der Waals surface area contributed by atoms with Crippen LogP contribution in [-0.2, 0) is 6.54 Å². The van der Waals surface area contributed by atoms with Crippen molar-refractivity contribution in [2.45, 2.75) is 44.4 Å². The number of rotatable bonds is 3. The van der Waals surface area contributed by atoms with Crippen LogP contribution in [0.15, 0.2) is 12.1 Å². The molecule has 0 aliphatic heterocycles. The average Bonchev–Trinajstić information content (AvgIpc) is 2.34. The summed E-state index contributed by atoms with van der Waals surface area (Å²) in [5.74, 6) is -2.94. The summed E-state index contributed by atoms with van der Waals surface area (Å²) in [5, 5.41) is 12.4. The molecule has 1 saturated carbocycles. The minimum atomic E-state index is -1.17. The molecule has 1 aliphatic carbocycles. The van der Waals surface area contributed by atoms with Crippen molar-refractivity contribution in [2.24, 2.45) is 0 Å². The van der Waals surface area contributed by atoms with Crippen molar-refractivity contribution in [2.75, 3.05) is 0 Å². The molecule has 0 saturated heterocycles. The van der Waals surface area contributed by atoms with Crippen LogP contribution in [0.2, 0.25) is 0 Å². The second-order valence-electron chi connectivity index (χ2n) is 4.74. The van der Waals surface area contributed by atoms with E-state index in [2.05, 4.69) is 5.32 Å². The minimum Gasteiger partial charge on any atom is -0.393 e. The second kappa shape index (κ2) is 5.71. The fraction of sp³-hybridized carbons (Fsp3) is 0.538. The summed E-state index contributed by atoms with van der Waals surface area (Å²) in [7, 11) is 0. The zero-order valence-electron chi connectivity index (χ0n) is 9.93. The number of halogens is 3. The van der Waals surface area contributed by atoms with Crippen molar-refractivity contribution in [1.29, 1.82) is 0 Å². The van der Waals surface area contributed by atoms with Gasteiger partial charge in [-0.3, -0.25) is 0 Å². The molecule has 0 radical (unpaired) electrons. The van der Waals surface area contributed by atoms with Crippen LogP contribution in [0.4, 0.5) is 13.2 Å². The fourth-order valence-electron chi connectivity index (χ4n) is 2.23. The maximum absolute atomic E-state index is 13.4. The average molecular weight is 259 g/mol. The molecule has 18 heavy (non-hydrogen) atoms.